The Hall–Kier alpha value is -1.97. The SMILES string of the molecule is CCCN(CC(=O)O)S(=O)(=O)c1c(C(=O)OC)sc2ccccc12. The van der Waals surface area contributed by atoms with E-state index in [1.807, 2.05) is 0 Å². The third kappa shape index (κ3) is 3.42. The maximum Gasteiger partial charge on any atom is 0.349 e. The lowest BCUT2D eigenvalue weighted by atomic mass is 10.2. The van der Waals surface area contributed by atoms with Crippen LogP contribution in [-0.2, 0) is 19.6 Å². The lowest BCUT2D eigenvalue weighted by molar-refractivity contribution is -0.137. The first-order chi connectivity index (χ1) is 11.3. The molecule has 1 aromatic heterocycles. The third-order valence-electron chi connectivity index (χ3n) is 3.30. The lowest BCUT2D eigenvalue weighted by Gasteiger charge is -2.20. The molecule has 0 spiro atoms. The van der Waals surface area contributed by atoms with Gasteiger partial charge in [0.05, 0.1) is 7.11 Å². The lowest BCUT2D eigenvalue weighted by Crippen LogP contribution is -2.36. The van der Waals surface area contributed by atoms with Gasteiger partial charge < -0.3 is 9.84 Å². The summed E-state index contributed by atoms with van der Waals surface area (Å²) in [7, 11) is -2.99. The van der Waals surface area contributed by atoms with E-state index in [0.29, 0.717) is 16.5 Å². The number of benzene rings is 1. The minimum atomic E-state index is -4.17. The molecule has 0 saturated heterocycles. The van der Waals surface area contributed by atoms with Crippen molar-refractivity contribution in [1.82, 2.24) is 4.31 Å². The number of methoxy groups -OCH3 is 1. The fourth-order valence-corrected chi connectivity index (χ4v) is 5.58. The molecule has 1 N–H and O–H groups in total. The van der Waals surface area contributed by atoms with Gasteiger partial charge in [0, 0.05) is 16.6 Å². The molecule has 2 aromatic rings. The molecule has 0 atom stereocenters. The van der Waals surface area contributed by atoms with Crippen molar-refractivity contribution in [2.24, 2.45) is 0 Å². The monoisotopic (exact) mass is 371 g/mol. The molecule has 9 heteroatoms. The van der Waals surface area contributed by atoms with Gasteiger partial charge in [-0.2, -0.15) is 4.31 Å². The zero-order valence-electron chi connectivity index (χ0n) is 13.2. The number of rotatable bonds is 7. The van der Waals surface area contributed by atoms with Crippen LogP contribution >= 0.6 is 11.3 Å². The molecule has 0 aliphatic carbocycles. The fourth-order valence-electron chi connectivity index (χ4n) is 2.32. The third-order valence-corrected chi connectivity index (χ3v) is 6.51. The summed E-state index contributed by atoms with van der Waals surface area (Å²) in [5.74, 6) is -2.02. The summed E-state index contributed by atoms with van der Waals surface area (Å²) in [4.78, 5) is 22.8. The molecule has 0 fully saturated rings. The van der Waals surface area contributed by atoms with Crippen LogP contribution in [0.4, 0.5) is 0 Å². The molecule has 0 radical (unpaired) electrons. The number of esters is 1. The fraction of sp³-hybridized carbons (Fsp3) is 0.333. The van der Waals surface area contributed by atoms with Gasteiger partial charge >= 0.3 is 11.9 Å². The van der Waals surface area contributed by atoms with Crippen molar-refractivity contribution in [3.05, 3.63) is 29.1 Å². The molecular formula is C15H17NO6S2. The molecule has 0 unspecified atom stereocenters. The van der Waals surface area contributed by atoms with E-state index < -0.39 is 28.5 Å². The largest absolute Gasteiger partial charge is 0.480 e. The number of carbonyl (C=O) groups is 2. The summed E-state index contributed by atoms with van der Waals surface area (Å²) in [6.07, 6.45) is 0.447. The Labute approximate surface area is 143 Å². The van der Waals surface area contributed by atoms with Crippen LogP contribution in [0, 0.1) is 0 Å². The van der Waals surface area contributed by atoms with Crippen molar-refractivity contribution in [1.29, 1.82) is 0 Å². The minimum Gasteiger partial charge on any atom is -0.480 e. The van der Waals surface area contributed by atoms with Crippen LogP contribution in [0.1, 0.15) is 23.0 Å². The van der Waals surface area contributed by atoms with E-state index >= 15 is 0 Å². The second kappa shape index (κ2) is 7.29. The van der Waals surface area contributed by atoms with Crippen LogP contribution in [0.5, 0.6) is 0 Å². The number of fused-ring (bicyclic) bond motifs is 1. The van der Waals surface area contributed by atoms with Gasteiger partial charge in [-0.05, 0) is 12.5 Å². The van der Waals surface area contributed by atoms with Crippen LogP contribution in [0.3, 0.4) is 0 Å². The molecule has 0 saturated carbocycles. The molecule has 0 bridgehead atoms. The van der Waals surface area contributed by atoms with E-state index in [2.05, 4.69) is 0 Å². The van der Waals surface area contributed by atoms with Gasteiger partial charge in [0.15, 0.2) is 0 Å². The van der Waals surface area contributed by atoms with Crippen LogP contribution in [0.15, 0.2) is 29.2 Å². The Morgan fingerprint density at radius 2 is 1.96 bits per heavy atom. The maximum absolute atomic E-state index is 13.0. The number of carboxylic acids is 1. The number of aliphatic carboxylic acids is 1. The van der Waals surface area contributed by atoms with Gasteiger partial charge in [0.1, 0.15) is 16.3 Å². The second-order valence-corrected chi connectivity index (χ2v) is 7.91. The number of thiophene rings is 1. The van der Waals surface area contributed by atoms with E-state index in [1.165, 1.54) is 7.11 Å². The Morgan fingerprint density at radius 3 is 2.54 bits per heavy atom. The van der Waals surface area contributed by atoms with Crippen molar-refractivity contribution >= 4 is 43.4 Å². The Morgan fingerprint density at radius 1 is 1.29 bits per heavy atom. The molecule has 0 amide bonds. The molecular weight excluding hydrogens is 354 g/mol. The van der Waals surface area contributed by atoms with E-state index in [0.717, 1.165) is 15.6 Å². The number of nitrogens with zero attached hydrogens (tertiary/aromatic N) is 1. The molecule has 130 valence electrons. The molecule has 1 aromatic carbocycles. The number of sulfonamides is 1. The number of carboxylic acid groups (broad SMARTS) is 1. The Bertz CT molecular complexity index is 871. The van der Waals surface area contributed by atoms with Gasteiger partial charge in [-0.3, -0.25) is 4.79 Å². The predicted molar refractivity (Wildman–Crippen MR) is 89.9 cm³/mol. The Kier molecular flexibility index (Phi) is 5.58. The highest BCUT2D eigenvalue weighted by Crippen LogP contribution is 2.36. The molecule has 2 rings (SSSR count). The van der Waals surface area contributed by atoms with Crippen LogP contribution in [0.25, 0.3) is 10.1 Å². The summed E-state index contributed by atoms with van der Waals surface area (Å²) in [5.41, 5.74) is 0. The summed E-state index contributed by atoms with van der Waals surface area (Å²) in [6.45, 7) is 1.12. The first-order valence-electron chi connectivity index (χ1n) is 7.14. The number of hydrogen-bond donors (Lipinski definition) is 1. The van der Waals surface area contributed by atoms with E-state index in [9.17, 15) is 18.0 Å². The zero-order valence-corrected chi connectivity index (χ0v) is 14.8. The summed E-state index contributed by atoms with van der Waals surface area (Å²) >= 11 is 1.01. The molecule has 7 nitrogen and oxygen atoms in total. The maximum atomic E-state index is 13.0. The van der Waals surface area contributed by atoms with Gasteiger partial charge in [0.2, 0.25) is 10.0 Å². The van der Waals surface area contributed by atoms with E-state index in [1.54, 1.807) is 31.2 Å². The van der Waals surface area contributed by atoms with Gasteiger partial charge in [-0.25, -0.2) is 13.2 Å². The van der Waals surface area contributed by atoms with Crippen molar-refractivity contribution in [2.45, 2.75) is 18.2 Å². The number of ether oxygens (including phenoxy) is 1. The number of carbonyl (C=O) groups excluding carboxylic acids is 1. The smallest absolute Gasteiger partial charge is 0.349 e. The summed E-state index contributed by atoms with van der Waals surface area (Å²) < 4.78 is 32.3. The first kappa shape index (κ1) is 18.4. The topological polar surface area (TPSA) is 101 Å². The normalized spacial score (nSPS) is 11.8. The quantitative estimate of drug-likeness (QED) is 0.749. The van der Waals surface area contributed by atoms with Crippen molar-refractivity contribution in [2.75, 3.05) is 20.2 Å². The first-order valence-corrected chi connectivity index (χ1v) is 9.40. The number of hydrogen-bond acceptors (Lipinski definition) is 6. The molecule has 24 heavy (non-hydrogen) atoms. The van der Waals surface area contributed by atoms with E-state index in [-0.39, 0.29) is 16.3 Å². The highest BCUT2D eigenvalue weighted by molar-refractivity contribution is 7.89. The molecule has 0 aliphatic rings. The summed E-state index contributed by atoms with van der Waals surface area (Å²) in [5, 5.41) is 9.40. The second-order valence-electron chi connectivity index (χ2n) is 4.98. The zero-order chi connectivity index (χ0) is 17.9. The van der Waals surface area contributed by atoms with Crippen molar-refractivity contribution < 1.29 is 27.9 Å². The van der Waals surface area contributed by atoms with Gasteiger partial charge in [-0.15, -0.1) is 11.3 Å². The van der Waals surface area contributed by atoms with Crippen LogP contribution in [0.2, 0.25) is 0 Å². The minimum absolute atomic E-state index is 0.0411. The average molecular weight is 371 g/mol. The summed E-state index contributed by atoms with van der Waals surface area (Å²) in [6, 6.07) is 6.69. The molecule has 1 heterocycles. The van der Waals surface area contributed by atoms with Crippen molar-refractivity contribution in [3.8, 4) is 0 Å². The average Bonchev–Trinajstić information content (AvgIpc) is 2.93. The van der Waals surface area contributed by atoms with Crippen molar-refractivity contribution in [3.63, 3.8) is 0 Å². The highest BCUT2D eigenvalue weighted by Gasteiger charge is 2.34. The van der Waals surface area contributed by atoms with Crippen LogP contribution < -0.4 is 0 Å². The van der Waals surface area contributed by atoms with Gasteiger partial charge in [0.25, 0.3) is 0 Å². The predicted octanol–water partition coefficient (Wildman–Crippen LogP) is 2.17. The molecule has 0 aliphatic heterocycles. The highest BCUT2D eigenvalue weighted by atomic mass is 32.2. The standard InChI is InChI=1S/C15H17NO6S2/c1-3-8-16(9-12(17)18)24(20,21)14-10-6-4-5-7-11(10)23-13(14)15(19)22-2/h4-7H,3,8-9H2,1-2H3,(H,17,18). The van der Waals surface area contributed by atoms with E-state index in [4.69, 9.17) is 9.84 Å². The Balaban J connectivity index is 2.71. The van der Waals surface area contributed by atoms with Gasteiger partial charge in [-0.1, -0.05) is 25.1 Å². The van der Waals surface area contributed by atoms with Crippen LogP contribution in [-0.4, -0.2) is 50.0 Å².